The number of ether oxygens (including phenoxy) is 2. The fourth-order valence-electron chi connectivity index (χ4n) is 2.43. The van der Waals surface area contributed by atoms with E-state index in [1.165, 1.54) is 6.92 Å². The van der Waals surface area contributed by atoms with Crippen molar-refractivity contribution in [3.8, 4) is 0 Å². The summed E-state index contributed by atoms with van der Waals surface area (Å²) in [5.74, 6) is -10.6. The van der Waals surface area contributed by atoms with Crippen LogP contribution < -0.4 is 5.32 Å². The largest absolute Gasteiger partial charge is 0.462 e. The molecule has 0 bridgehead atoms. The minimum absolute atomic E-state index is 0.0679. The number of esters is 1. The Morgan fingerprint density at radius 1 is 1.30 bits per heavy atom. The van der Waals surface area contributed by atoms with Crippen LogP contribution in [0.1, 0.15) is 23.7 Å². The van der Waals surface area contributed by atoms with Gasteiger partial charge in [0.05, 0.1) is 30.9 Å². The Kier molecular flexibility index (Phi) is 6.55. The number of benzene rings is 1. The van der Waals surface area contributed by atoms with E-state index in [2.05, 4.69) is 5.32 Å². The van der Waals surface area contributed by atoms with E-state index < -0.39 is 58.3 Å². The summed E-state index contributed by atoms with van der Waals surface area (Å²) < 4.78 is 63.7. The summed E-state index contributed by atoms with van der Waals surface area (Å²) in [6.07, 6.45) is 1.21. The van der Waals surface area contributed by atoms with E-state index in [9.17, 15) is 32.3 Å². The van der Waals surface area contributed by atoms with Crippen LogP contribution in [0.2, 0.25) is 0 Å². The molecule has 1 aliphatic rings. The maximum absolute atomic E-state index is 13.9. The van der Waals surface area contributed by atoms with Crippen LogP contribution in [-0.2, 0) is 14.3 Å². The lowest BCUT2D eigenvalue weighted by Crippen LogP contribution is -2.47. The van der Waals surface area contributed by atoms with Gasteiger partial charge in [-0.15, -0.1) is 0 Å². The third kappa shape index (κ3) is 4.28. The number of hydrogen-bond donors (Lipinski definition) is 2. The zero-order valence-electron chi connectivity index (χ0n) is 14.3. The molecule has 0 radical (unpaired) electrons. The molecule has 0 amide bonds. The van der Waals surface area contributed by atoms with Crippen molar-refractivity contribution < 1.29 is 41.7 Å². The van der Waals surface area contributed by atoms with Crippen LogP contribution in [0, 0.1) is 23.3 Å². The number of carbonyl (C=O) groups is 2. The normalized spacial score (nSPS) is 19.9. The van der Waals surface area contributed by atoms with E-state index in [1.807, 2.05) is 0 Å². The predicted octanol–water partition coefficient (Wildman–Crippen LogP) is 1.61. The summed E-state index contributed by atoms with van der Waals surface area (Å²) in [6, 6.07) is 0.156. The van der Waals surface area contributed by atoms with Gasteiger partial charge in [0.25, 0.3) is 0 Å². The Morgan fingerprint density at radius 3 is 2.56 bits per heavy atom. The van der Waals surface area contributed by atoms with Gasteiger partial charge in [-0.25, -0.2) is 22.4 Å². The van der Waals surface area contributed by atoms with Crippen LogP contribution in [0.25, 0.3) is 0 Å². The lowest BCUT2D eigenvalue weighted by Gasteiger charge is -2.25. The van der Waals surface area contributed by atoms with Crippen molar-refractivity contribution >= 4 is 11.8 Å². The van der Waals surface area contributed by atoms with Crippen LogP contribution in [0.15, 0.2) is 17.8 Å². The molecule has 1 aromatic carbocycles. The molecule has 1 aromatic rings. The molecular formula is C17H17F4NO5. The second kappa shape index (κ2) is 8.49. The summed E-state index contributed by atoms with van der Waals surface area (Å²) in [5, 5.41) is 12.2. The maximum atomic E-state index is 13.9. The van der Waals surface area contributed by atoms with E-state index in [0.29, 0.717) is 13.0 Å². The van der Waals surface area contributed by atoms with E-state index >= 15 is 0 Å². The first-order valence-electron chi connectivity index (χ1n) is 7.97. The standard InChI is InChI=1S/C17H17F4NO5/c1-2-27-16(25)10(6-22-17(7-23)3-4-26-8-17)15(24)9-5-11(18)13(20)14(21)12(9)19/h5-6,22-23H,2-4,7-8H2,1H3. The number of halogens is 4. The number of nitrogens with one attached hydrogen (secondary N) is 1. The Labute approximate surface area is 151 Å². The third-order valence-corrected chi connectivity index (χ3v) is 4.02. The highest BCUT2D eigenvalue weighted by Gasteiger charge is 2.35. The minimum Gasteiger partial charge on any atom is -0.462 e. The van der Waals surface area contributed by atoms with Gasteiger partial charge in [0.1, 0.15) is 5.57 Å². The summed E-state index contributed by atoms with van der Waals surface area (Å²) in [4.78, 5) is 24.6. The molecule has 1 atom stereocenters. The first-order valence-corrected chi connectivity index (χ1v) is 7.97. The molecule has 2 N–H and O–H groups in total. The molecule has 148 valence electrons. The minimum atomic E-state index is -2.18. The van der Waals surface area contributed by atoms with Crippen LogP contribution in [0.3, 0.4) is 0 Å². The van der Waals surface area contributed by atoms with E-state index in [0.717, 1.165) is 6.20 Å². The predicted molar refractivity (Wildman–Crippen MR) is 83.7 cm³/mol. The molecule has 1 saturated heterocycles. The van der Waals surface area contributed by atoms with Gasteiger partial charge in [-0.05, 0) is 19.4 Å². The topological polar surface area (TPSA) is 84.9 Å². The van der Waals surface area contributed by atoms with Crippen LogP contribution >= 0.6 is 0 Å². The Balaban J connectivity index is 2.44. The average molecular weight is 391 g/mol. The molecule has 1 aliphatic heterocycles. The summed E-state index contributed by atoms with van der Waals surface area (Å²) >= 11 is 0. The van der Waals surface area contributed by atoms with Crippen molar-refractivity contribution in [1.82, 2.24) is 5.32 Å². The number of carbonyl (C=O) groups excluding carboxylic acids is 2. The lowest BCUT2D eigenvalue weighted by molar-refractivity contribution is -0.138. The van der Waals surface area contributed by atoms with E-state index in [1.54, 1.807) is 0 Å². The molecule has 0 aromatic heterocycles. The van der Waals surface area contributed by atoms with Gasteiger partial charge in [-0.3, -0.25) is 4.79 Å². The lowest BCUT2D eigenvalue weighted by atomic mass is 9.99. The first kappa shape index (κ1) is 20.8. The Bertz CT molecular complexity index is 775. The highest BCUT2D eigenvalue weighted by atomic mass is 19.2. The molecule has 0 aliphatic carbocycles. The smallest absolute Gasteiger partial charge is 0.343 e. The van der Waals surface area contributed by atoms with E-state index in [-0.39, 0.29) is 19.3 Å². The number of Topliss-reactive ketones (excluding diaryl/α,β-unsaturated/α-hetero) is 1. The van der Waals surface area contributed by atoms with Crippen molar-refractivity contribution in [2.45, 2.75) is 18.9 Å². The zero-order valence-corrected chi connectivity index (χ0v) is 14.3. The molecule has 1 unspecified atom stereocenters. The van der Waals surface area contributed by atoms with Crippen LogP contribution in [-0.4, -0.2) is 48.8 Å². The quantitative estimate of drug-likeness (QED) is 0.107. The maximum Gasteiger partial charge on any atom is 0.343 e. The molecule has 10 heteroatoms. The van der Waals surface area contributed by atoms with Crippen molar-refractivity contribution in [1.29, 1.82) is 0 Å². The third-order valence-electron chi connectivity index (χ3n) is 4.02. The van der Waals surface area contributed by atoms with Gasteiger partial charge in [0.15, 0.2) is 23.3 Å². The van der Waals surface area contributed by atoms with Crippen LogP contribution in [0.5, 0.6) is 0 Å². The molecule has 27 heavy (non-hydrogen) atoms. The fourth-order valence-corrected chi connectivity index (χ4v) is 2.43. The zero-order chi connectivity index (χ0) is 20.2. The molecule has 0 spiro atoms. The number of hydrogen-bond acceptors (Lipinski definition) is 6. The van der Waals surface area contributed by atoms with Gasteiger partial charge in [-0.2, -0.15) is 0 Å². The Morgan fingerprint density at radius 2 is 2.00 bits per heavy atom. The van der Waals surface area contributed by atoms with Gasteiger partial charge in [0, 0.05) is 12.8 Å². The van der Waals surface area contributed by atoms with Crippen LogP contribution in [0.4, 0.5) is 17.6 Å². The SMILES string of the molecule is CCOC(=O)C(=CNC1(CO)CCOC1)C(=O)c1cc(F)c(F)c(F)c1F. The number of aliphatic hydroxyl groups is 1. The number of aliphatic hydroxyl groups excluding tert-OH is 1. The van der Waals surface area contributed by atoms with Gasteiger partial charge < -0.3 is 19.9 Å². The second-order valence-electron chi connectivity index (χ2n) is 5.84. The van der Waals surface area contributed by atoms with Crippen molar-refractivity contribution in [3.63, 3.8) is 0 Å². The second-order valence-corrected chi connectivity index (χ2v) is 5.84. The monoisotopic (exact) mass is 391 g/mol. The van der Waals surface area contributed by atoms with Crippen molar-refractivity contribution in [2.75, 3.05) is 26.4 Å². The molecule has 1 fully saturated rings. The molecular weight excluding hydrogens is 374 g/mol. The van der Waals surface area contributed by atoms with E-state index in [4.69, 9.17) is 9.47 Å². The summed E-state index contributed by atoms with van der Waals surface area (Å²) in [6.45, 7) is 1.30. The van der Waals surface area contributed by atoms with Crippen molar-refractivity contribution in [2.24, 2.45) is 0 Å². The first-order chi connectivity index (χ1) is 12.8. The summed E-state index contributed by atoms with van der Waals surface area (Å²) in [7, 11) is 0. The van der Waals surface area contributed by atoms with Gasteiger partial charge in [0.2, 0.25) is 5.78 Å². The highest BCUT2D eigenvalue weighted by molar-refractivity contribution is 6.24. The fraction of sp³-hybridized carbons (Fsp3) is 0.412. The van der Waals surface area contributed by atoms with Gasteiger partial charge >= 0.3 is 5.97 Å². The summed E-state index contributed by atoms with van der Waals surface area (Å²) in [5.41, 5.74) is -2.94. The molecule has 1 heterocycles. The Hall–Kier alpha value is -2.46. The van der Waals surface area contributed by atoms with Gasteiger partial charge in [-0.1, -0.05) is 0 Å². The number of ketones is 1. The molecule has 0 saturated carbocycles. The van der Waals surface area contributed by atoms with Crippen molar-refractivity contribution in [3.05, 3.63) is 46.7 Å². The average Bonchev–Trinajstić information content (AvgIpc) is 3.12. The molecule has 6 nitrogen and oxygen atoms in total. The highest BCUT2D eigenvalue weighted by Crippen LogP contribution is 2.23. The molecule has 2 rings (SSSR count). The number of rotatable bonds is 7.